The lowest BCUT2D eigenvalue weighted by Gasteiger charge is -2.18. The number of carbonyl (C=O) groups is 1. The first kappa shape index (κ1) is 15.7. The van der Waals surface area contributed by atoms with Gasteiger partial charge in [-0.1, -0.05) is 11.6 Å². The van der Waals surface area contributed by atoms with E-state index in [9.17, 15) is 4.79 Å². The summed E-state index contributed by atoms with van der Waals surface area (Å²) in [5.41, 5.74) is 1.34. The van der Waals surface area contributed by atoms with E-state index in [2.05, 4.69) is 20.3 Å². The molecule has 0 atom stereocenters. The van der Waals surface area contributed by atoms with E-state index in [1.165, 1.54) is 12.4 Å². The average Bonchev–Trinajstić information content (AvgIpc) is 2.58. The van der Waals surface area contributed by atoms with Gasteiger partial charge in [-0.2, -0.15) is 0 Å². The minimum atomic E-state index is -0.408. The number of anilines is 1. The predicted molar refractivity (Wildman–Crippen MR) is 87.4 cm³/mol. The summed E-state index contributed by atoms with van der Waals surface area (Å²) in [6, 6.07) is 1.75. The molecule has 0 fully saturated rings. The number of nitrogens with one attached hydrogen (secondary N) is 1. The Morgan fingerprint density at radius 2 is 2.00 bits per heavy atom. The van der Waals surface area contributed by atoms with E-state index in [4.69, 9.17) is 27.9 Å². The molecule has 0 unspecified atom stereocenters. The highest BCUT2D eigenvalue weighted by molar-refractivity contribution is 6.33. The molecule has 1 aliphatic rings. The summed E-state index contributed by atoms with van der Waals surface area (Å²) < 4.78 is 5.64. The summed E-state index contributed by atoms with van der Waals surface area (Å²) in [7, 11) is 0. The Kier molecular flexibility index (Phi) is 4.73. The van der Waals surface area contributed by atoms with Crippen LogP contribution in [0.5, 0.6) is 0 Å². The van der Waals surface area contributed by atoms with E-state index >= 15 is 0 Å². The number of aromatic nitrogens is 3. The zero-order valence-corrected chi connectivity index (χ0v) is 13.4. The molecule has 0 saturated heterocycles. The van der Waals surface area contributed by atoms with Crippen molar-refractivity contribution in [1.29, 1.82) is 0 Å². The maximum Gasteiger partial charge on any atom is 0.258 e. The van der Waals surface area contributed by atoms with Gasteiger partial charge in [0, 0.05) is 24.2 Å². The van der Waals surface area contributed by atoms with Gasteiger partial charge in [-0.05, 0) is 36.6 Å². The molecule has 0 aliphatic carbocycles. The molecule has 1 N–H and O–H groups in total. The lowest BCUT2D eigenvalue weighted by Crippen LogP contribution is -2.15. The Balaban J connectivity index is 1.91. The normalized spacial score (nSPS) is 13.9. The predicted octanol–water partition coefficient (Wildman–Crippen LogP) is 3.58. The van der Waals surface area contributed by atoms with E-state index in [1.807, 2.05) is 6.08 Å². The van der Waals surface area contributed by atoms with Gasteiger partial charge in [-0.15, -0.1) is 0 Å². The van der Waals surface area contributed by atoms with Crippen molar-refractivity contribution in [1.82, 2.24) is 15.0 Å². The van der Waals surface area contributed by atoms with E-state index in [-0.39, 0.29) is 16.0 Å². The molecule has 118 valence electrons. The molecule has 0 spiro atoms. The van der Waals surface area contributed by atoms with Gasteiger partial charge in [-0.3, -0.25) is 4.79 Å². The molecule has 6 nitrogen and oxygen atoms in total. The van der Waals surface area contributed by atoms with Crippen molar-refractivity contribution in [3.63, 3.8) is 0 Å². The number of halogens is 2. The van der Waals surface area contributed by atoms with Gasteiger partial charge < -0.3 is 10.1 Å². The number of carbonyl (C=O) groups excluding carboxylic acids is 1. The lowest BCUT2D eigenvalue weighted by atomic mass is 10.1. The number of hydrogen-bond donors (Lipinski definition) is 1. The molecule has 1 aliphatic heterocycles. The average molecular weight is 351 g/mol. The number of rotatable bonds is 3. The van der Waals surface area contributed by atoms with Gasteiger partial charge in [0.1, 0.15) is 5.76 Å². The number of pyridine rings is 1. The molecule has 0 aromatic carbocycles. The second-order valence-corrected chi connectivity index (χ2v) is 5.47. The maximum absolute atomic E-state index is 12.3. The highest BCUT2D eigenvalue weighted by Gasteiger charge is 2.18. The molecule has 3 heterocycles. The molecule has 0 radical (unpaired) electrons. The third-order valence-electron chi connectivity index (χ3n) is 3.23. The number of ether oxygens (including phenoxy) is 1. The highest BCUT2D eigenvalue weighted by Crippen LogP contribution is 2.32. The Morgan fingerprint density at radius 1 is 1.22 bits per heavy atom. The first-order valence-electron chi connectivity index (χ1n) is 6.92. The second kappa shape index (κ2) is 6.93. The van der Waals surface area contributed by atoms with Crippen molar-refractivity contribution >= 4 is 40.6 Å². The standard InChI is InChI=1S/C15H12Cl2N4O2/c16-13-12(21-14(22)9-7-19-15(17)20-8-9)10(4-5-18-13)11-3-1-2-6-23-11/h3-5,7-8H,1-2,6H2,(H,21,22). The Labute approximate surface area is 142 Å². The van der Waals surface area contributed by atoms with Crippen molar-refractivity contribution in [2.24, 2.45) is 0 Å². The van der Waals surface area contributed by atoms with Crippen molar-refractivity contribution in [2.45, 2.75) is 12.8 Å². The van der Waals surface area contributed by atoms with E-state index in [0.717, 1.165) is 12.8 Å². The van der Waals surface area contributed by atoms with Crippen molar-refractivity contribution in [3.05, 3.63) is 52.3 Å². The van der Waals surface area contributed by atoms with Crippen LogP contribution in [0.15, 0.2) is 30.7 Å². The van der Waals surface area contributed by atoms with Crippen LogP contribution in [0.25, 0.3) is 5.76 Å². The van der Waals surface area contributed by atoms with Gasteiger partial charge in [0.05, 0.1) is 17.9 Å². The lowest BCUT2D eigenvalue weighted by molar-refractivity contribution is 0.102. The van der Waals surface area contributed by atoms with Crippen LogP contribution >= 0.6 is 23.2 Å². The zero-order chi connectivity index (χ0) is 16.2. The highest BCUT2D eigenvalue weighted by atomic mass is 35.5. The van der Waals surface area contributed by atoms with Crippen LogP contribution in [0.3, 0.4) is 0 Å². The zero-order valence-electron chi connectivity index (χ0n) is 11.9. The summed E-state index contributed by atoms with van der Waals surface area (Å²) in [6.07, 6.45) is 8.09. The van der Waals surface area contributed by atoms with Crippen molar-refractivity contribution < 1.29 is 9.53 Å². The summed E-state index contributed by atoms with van der Waals surface area (Å²) in [6.45, 7) is 0.629. The van der Waals surface area contributed by atoms with Crippen LogP contribution in [0.1, 0.15) is 28.8 Å². The first-order valence-corrected chi connectivity index (χ1v) is 7.67. The van der Waals surface area contributed by atoms with Crippen LogP contribution in [-0.2, 0) is 4.74 Å². The van der Waals surface area contributed by atoms with Crippen molar-refractivity contribution in [3.8, 4) is 0 Å². The topological polar surface area (TPSA) is 77.0 Å². The number of allylic oxidation sites excluding steroid dienone is 1. The van der Waals surface area contributed by atoms with E-state index in [1.54, 1.807) is 12.3 Å². The smallest absolute Gasteiger partial charge is 0.258 e. The van der Waals surface area contributed by atoms with Gasteiger partial charge in [0.2, 0.25) is 5.28 Å². The molecule has 0 bridgehead atoms. The minimum Gasteiger partial charge on any atom is -0.493 e. The molecule has 8 heteroatoms. The van der Waals surface area contributed by atoms with Gasteiger partial charge in [-0.25, -0.2) is 15.0 Å². The summed E-state index contributed by atoms with van der Waals surface area (Å²) in [4.78, 5) is 23.9. The van der Waals surface area contributed by atoms with Crippen LogP contribution in [0, 0.1) is 0 Å². The number of nitrogens with zero attached hydrogens (tertiary/aromatic N) is 3. The van der Waals surface area contributed by atoms with Crippen molar-refractivity contribution in [2.75, 3.05) is 11.9 Å². The van der Waals surface area contributed by atoms with Crippen LogP contribution in [-0.4, -0.2) is 27.5 Å². The maximum atomic E-state index is 12.3. The molecular formula is C15H12Cl2N4O2. The quantitative estimate of drug-likeness (QED) is 0.676. The van der Waals surface area contributed by atoms with Gasteiger partial charge in [0.15, 0.2) is 5.15 Å². The molecular weight excluding hydrogens is 339 g/mol. The first-order chi connectivity index (χ1) is 11.1. The van der Waals surface area contributed by atoms with Gasteiger partial charge >= 0.3 is 0 Å². The van der Waals surface area contributed by atoms with E-state index < -0.39 is 5.91 Å². The Morgan fingerprint density at radius 3 is 2.70 bits per heavy atom. The SMILES string of the molecule is O=C(Nc1c(C2=CCCCO2)ccnc1Cl)c1cnc(Cl)nc1. The third-order valence-corrected chi connectivity index (χ3v) is 3.71. The van der Waals surface area contributed by atoms with E-state index in [0.29, 0.717) is 23.6 Å². The molecule has 0 saturated carbocycles. The molecule has 23 heavy (non-hydrogen) atoms. The molecule has 3 rings (SSSR count). The Bertz CT molecular complexity index is 763. The number of hydrogen-bond acceptors (Lipinski definition) is 5. The molecule has 1 amide bonds. The summed E-state index contributed by atoms with van der Waals surface area (Å²) >= 11 is 11.8. The van der Waals surface area contributed by atoms with Crippen LogP contribution in [0.2, 0.25) is 10.4 Å². The van der Waals surface area contributed by atoms with Gasteiger partial charge in [0.25, 0.3) is 5.91 Å². The molecule has 2 aromatic rings. The largest absolute Gasteiger partial charge is 0.493 e. The monoisotopic (exact) mass is 350 g/mol. The summed E-state index contributed by atoms with van der Waals surface area (Å²) in [5, 5.41) is 2.99. The fourth-order valence-corrected chi connectivity index (χ4v) is 2.42. The summed E-state index contributed by atoms with van der Waals surface area (Å²) in [5.74, 6) is 0.275. The minimum absolute atomic E-state index is 0.0717. The van der Waals surface area contributed by atoms with Crippen LogP contribution < -0.4 is 5.32 Å². The van der Waals surface area contributed by atoms with Crippen LogP contribution in [0.4, 0.5) is 5.69 Å². The second-order valence-electron chi connectivity index (χ2n) is 4.78. The Hall–Kier alpha value is -2.18. The molecule has 2 aromatic heterocycles. The fraction of sp³-hybridized carbons (Fsp3) is 0.200. The fourth-order valence-electron chi connectivity index (χ4n) is 2.12. The third kappa shape index (κ3) is 3.60. The number of amides is 1.